The molecule has 3 aromatic rings. The summed E-state index contributed by atoms with van der Waals surface area (Å²) in [6.07, 6.45) is 2.82. The first-order valence-corrected chi connectivity index (χ1v) is 12.4. The van der Waals surface area contributed by atoms with Crippen molar-refractivity contribution in [3.8, 4) is 11.4 Å². The lowest BCUT2D eigenvalue weighted by Crippen LogP contribution is -2.37. The number of fused-ring (bicyclic) bond motifs is 1. The molecule has 0 radical (unpaired) electrons. The predicted octanol–water partition coefficient (Wildman–Crippen LogP) is 3.82. The van der Waals surface area contributed by atoms with E-state index < -0.39 is 9.84 Å². The Bertz CT molecular complexity index is 1110. The van der Waals surface area contributed by atoms with Crippen LogP contribution in [0.25, 0.3) is 16.7 Å². The highest BCUT2D eigenvalue weighted by atomic mass is 32.2. The largest absolute Gasteiger partial charge is 0.497 e. The molecule has 2 aromatic carbocycles. The summed E-state index contributed by atoms with van der Waals surface area (Å²) in [5.41, 5.74) is 3.01. The lowest BCUT2D eigenvalue weighted by molar-refractivity contribution is 0.195. The molecule has 0 aliphatic carbocycles. The topological polar surface area (TPSA) is 64.4 Å². The highest BCUT2D eigenvalue weighted by molar-refractivity contribution is 7.91. The molecule has 1 saturated heterocycles. The molecule has 1 fully saturated rings. The highest BCUT2D eigenvalue weighted by Crippen LogP contribution is 2.26. The fraction of sp³-hybridized carbons (Fsp3) is 0.435. The van der Waals surface area contributed by atoms with Crippen molar-refractivity contribution < 1.29 is 13.2 Å². The van der Waals surface area contributed by atoms with Gasteiger partial charge in [0, 0.05) is 11.7 Å². The molecule has 1 aliphatic rings. The third kappa shape index (κ3) is 4.37. The van der Waals surface area contributed by atoms with Crippen LogP contribution in [0.5, 0.6) is 5.75 Å². The van der Waals surface area contributed by atoms with Crippen molar-refractivity contribution in [3.05, 3.63) is 54.4 Å². The molecule has 0 amide bonds. The van der Waals surface area contributed by atoms with E-state index in [0.29, 0.717) is 13.0 Å². The molecule has 1 unspecified atom stereocenters. The van der Waals surface area contributed by atoms with Crippen LogP contribution in [-0.2, 0) is 16.4 Å². The molecular weight excluding hydrogens is 398 g/mol. The second-order valence-electron chi connectivity index (χ2n) is 7.93. The van der Waals surface area contributed by atoms with E-state index in [-0.39, 0.29) is 17.5 Å². The van der Waals surface area contributed by atoms with E-state index in [1.165, 1.54) is 0 Å². The van der Waals surface area contributed by atoms with Crippen molar-refractivity contribution in [2.75, 3.05) is 25.2 Å². The van der Waals surface area contributed by atoms with Gasteiger partial charge in [0.2, 0.25) is 0 Å². The van der Waals surface area contributed by atoms with Gasteiger partial charge in [-0.2, -0.15) is 0 Å². The molecule has 0 spiro atoms. The second kappa shape index (κ2) is 8.78. The third-order valence-electron chi connectivity index (χ3n) is 5.83. The Hall–Kier alpha value is -2.38. The van der Waals surface area contributed by atoms with Crippen molar-refractivity contribution in [1.29, 1.82) is 0 Å². The summed E-state index contributed by atoms with van der Waals surface area (Å²) in [7, 11) is -1.27. The zero-order chi connectivity index (χ0) is 21.1. The summed E-state index contributed by atoms with van der Waals surface area (Å²) in [5, 5.41) is 0. The number of methoxy groups -OCH3 is 1. The fourth-order valence-electron chi connectivity index (χ4n) is 4.20. The number of nitrogens with zero attached hydrogens (tertiary/aromatic N) is 3. The second-order valence-corrected chi connectivity index (χ2v) is 10.2. The average molecular weight is 428 g/mol. The van der Waals surface area contributed by atoms with Gasteiger partial charge in [0.15, 0.2) is 9.84 Å². The van der Waals surface area contributed by atoms with Crippen LogP contribution >= 0.6 is 0 Å². The Morgan fingerprint density at radius 3 is 2.60 bits per heavy atom. The standard InChI is InChI=1S/C23H29N3O3S/c1-3-4-14-25(19-13-15-30(27,28)17-19)16-23-24-21-7-5-6-8-22(21)26(23)18-9-11-20(29-2)12-10-18/h5-12,19H,3-4,13-17H2,1-2H3. The minimum absolute atomic E-state index is 0.0608. The Labute approximate surface area is 178 Å². The fourth-order valence-corrected chi connectivity index (χ4v) is 5.96. The number of unbranched alkanes of at least 4 members (excludes halogenated alkanes) is 1. The Morgan fingerprint density at radius 2 is 1.93 bits per heavy atom. The molecule has 6 nitrogen and oxygen atoms in total. The molecule has 4 rings (SSSR count). The monoisotopic (exact) mass is 427 g/mol. The third-order valence-corrected chi connectivity index (χ3v) is 7.58. The van der Waals surface area contributed by atoms with Gasteiger partial charge in [0.1, 0.15) is 11.6 Å². The zero-order valence-corrected chi connectivity index (χ0v) is 18.4. The maximum Gasteiger partial charge on any atom is 0.151 e. The van der Waals surface area contributed by atoms with E-state index in [0.717, 1.165) is 47.7 Å². The van der Waals surface area contributed by atoms with Gasteiger partial charge >= 0.3 is 0 Å². The van der Waals surface area contributed by atoms with Crippen LogP contribution in [0.4, 0.5) is 0 Å². The average Bonchev–Trinajstić information content (AvgIpc) is 3.30. The predicted molar refractivity (Wildman–Crippen MR) is 120 cm³/mol. The molecule has 1 aliphatic heterocycles. The van der Waals surface area contributed by atoms with Gasteiger partial charge in [-0.05, 0) is 55.8 Å². The number of aromatic nitrogens is 2. The normalized spacial score (nSPS) is 18.3. The van der Waals surface area contributed by atoms with Gasteiger partial charge in [0.05, 0.1) is 36.2 Å². The molecule has 0 N–H and O–H groups in total. The maximum atomic E-state index is 12.1. The molecule has 0 bridgehead atoms. The summed E-state index contributed by atoms with van der Waals surface area (Å²) in [6.45, 7) is 3.67. The van der Waals surface area contributed by atoms with Crippen molar-refractivity contribution in [1.82, 2.24) is 14.5 Å². The van der Waals surface area contributed by atoms with E-state index in [1.807, 2.05) is 42.5 Å². The summed E-state index contributed by atoms with van der Waals surface area (Å²) in [6, 6.07) is 16.1. The smallest absolute Gasteiger partial charge is 0.151 e. The van der Waals surface area contributed by atoms with Gasteiger partial charge in [-0.3, -0.25) is 9.47 Å². The van der Waals surface area contributed by atoms with Gasteiger partial charge in [-0.25, -0.2) is 13.4 Å². The van der Waals surface area contributed by atoms with E-state index in [4.69, 9.17) is 9.72 Å². The summed E-state index contributed by atoms with van der Waals surface area (Å²) < 4.78 is 31.7. The van der Waals surface area contributed by atoms with Crippen molar-refractivity contribution in [2.24, 2.45) is 0 Å². The van der Waals surface area contributed by atoms with Crippen LogP contribution in [0.15, 0.2) is 48.5 Å². The molecule has 160 valence electrons. The lowest BCUT2D eigenvalue weighted by atomic mass is 10.2. The number of rotatable bonds is 8. The summed E-state index contributed by atoms with van der Waals surface area (Å²) in [5.74, 6) is 2.28. The van der Waals surface area contributed by atoms with Crippen molar-refractivity contribution in [2.45, 2.75) is 38.8 Å². The van der Waals surface area contributed by atoms with Gasteiger partial charge in [-0.1, -0.05) is 25.5 Å². The van der Waals surface area contributed by atoms with Gasteiger partial charge in [0.25, 0.3) is 0 Å². The molecule has 1 atom stereocenters. The van der Waals surface area contributed by atoms with Crippen LogP contribution in [0.2, 0.25) is 0 Å². The minimum atomic E-state index is -2.94. The summed E-state index contributed by atoms with van der Waals surface area (Å²) >= 11 is 0. The molecule has 30 heavy (non-hydrogen) atoms. The molecule has 1 aromatic heterocycles. The first-order chi connectivity index (χ1) is 14.5. The molecule has 0 saturated carbocycles. The first kappa shape index (κ1) is 20.9. The summed E-state index contributed by atoms with van der Waals surface area (Å²) in [4.78, 5) is 7.24. The SMILES string of the molecule is CCCCN(Cc1nc2ccccc2n1-c1ccc(OC)cc1)C1CCS(=O)(=O)C1. The number of para-hydroxylation sites is 2. The molecule has 2 heterocycles. The maximum absolute atomic E-state index is 12.1. The highest BCUT2D eigenvalue weighted by Gasteiger charge is 2.32. The number of hydrogen-bond acceptors (Lipinski definition) is 5. The van der Waals surface area contributed by atoms with Crippen molar-refractivity contribution >= 4 is 20.9 Å². The zero-order valence-electron chi connectivity index (χ0n) is 17.6. The van der Waals surface area contributed by atoms with E-state index >= 15 is 0 Å². The van der Waals surface area contributed by atoms with Crippen LogP contribution in [0, 0.1) is 0 Å². The molecule has 7 heteroatoms. The van der Waals surface area contributed by atoms with Gasteiger partial charge < -0.3 is 4.74 Å². The van der Waals surface area contributed by atoms with E-state index in [1.54, 1.807) is 7.11 Å². The van der Waals surface area contributed by atoms with Crippen LogP contribution in [-0.4, -0.2) is 54.1 Å². The number of hydrogen-bond donors (Lipinski definition) is 0. The van der Waals surface area contributed by atoms with Crippen LogP contribution < -0.4 is 4.74 Å². The number of ether oxygens (including phenoxy) is 1. The number of sulfone groups is 1. The quantitative estimate of drug-likeness (QED) is 0.547. The lowest BCUT2D eigenvalue weighted by Gasteiger charge is -2.28. The Balaban J connectivity index is 1.72. The Morgan fingerprint density at radius 1 is 1.17 bits per heavy atom. The number of imidazole rings is 1. The Kier molecular flexibility index (Phi) is 6.11. The van der Waals surface area contributed by atoms with Crippen LogP contribution in [0.1, 0.15) is 32.0 Å². The van der Waals surface area contributed by atoms with Crippen LogP contribution in [0.3, 0.4) is 0 Å². The first-order valence-electron chi connectivity index (χ1n) is 10.6. The number of benzene rings is 2. The van der Waals surface area contributed by atoms with Crippen molar-refractivity contribution in [3.63, 3.8) is 0 Å². The van der Waals surface area contributed by atoms with E-state index in [2.05, 4.69) is 22.5 Å². The van der Waals surface area contributed by atoms with E-state index in [9.17, 15) is 8.42 Å². The minimum Gasteiger partial charge on any atom is -0.497 e. The molecular formula is C23H29N3O3S. The van der Waals surface area contributed by atoms with Gasteiger partial charge in [-0.15, -0.1) is 0 Å².